The smallest absolute Gasteiger partial charge is 0.280 e. The van der Waals surface area contributed by atoms with Gasteiger partial charge < -0.3 is 0 Å². The fraction of sp³-hybridized carbons (Fsp3) is 1.00. The van der Waals surface area contributed by atoms with E-state index < -0.39 is 24.6 Å². The Hall–Kier alpha value is 0.110. The highest BCUT2D eigenvalue weighted by Gasteiger charge is 2.50. The molecule has 0 aliphatic heterocycles. The molecule has 0 spiro atoms. The molecule has 92 heavy (non-hydrogen) atoms. The minimum absolute atomic E-state index is 0.513. The van der Waals surface area contributed by atoms with Gasteiger partial charge in [0.2, 0.25) is 0 Å². The average Bonchev–Trinajstić information content (AvgIpc) is 0.841. The molecule has 0 unspecified atom stereocenters. The van der Waals surface area contributed by atoms with Gasteiger partial charge in [0.15, 0.2) is 0 Å². The molecular formula is C87H177O4P. The van der Waals surface area contributed by atoms with Crippen LogP contribution in [0.2, 0.25) is 0 Å². The van der Waals surface area contributed by atoms with Crippen LogP contribution in [0.4, 0.5) is 0 Å². The molecule has 0 amide bonds. The Morgan fingerprint density at radius 3 is 0.370 bits per heavy atom. The van der Waals surface area contributed by atoms with Gasteiger partial charge in [0.1, 0.15) is 0 Å². The van der Waals surface area contributed by atoms with Crippen molar-refractivity contribution in [2.45, 2.75) is 561 Å². The third kappa shape index (κ3) is 58.0. The number of hydrogen-bond acceptors (Lipinski definition) is 4. The minimum Gasteiger partial charge on any atom is -0.280 e. The van der Waals surface area contributed by atoms with E-state index in [-0.39, 0.29) is 0 Å². The summed E-state index contributed by atoms with van der Waals surface area (Å²) in [4.78, 5) is 0. The Balaban J connectivity index is 7.93. The maximum atomic E-state index is 17.8. The number of hydrogen-bond donors (Lipinski definition) is 0. The highest BCUT2D eigenvalue weighted by molar-refractivity contribution is 7.48. The fourth-order valence-corrected chi connectivity index (χ4v) is 17.8. The molecule has 0 aliphatic carbocycles. The molecule has 4 nitrogen and oxygen atoms in total. The van der Waals surface area contributed by atoms with E-state index in [0.717, 1.165) is 135 Å². The highest BCUT2D eigenvalue weighted by atomic mass is 31.2. The second kappa shape index (κ2) is 71.0. The normalized spacial score (nSPS) is 12.6. The van der Waals surface area contributed by atoms with Crippen LogP contribution in [0.1, 0.15) is 544 Å². The van der Waals surface area contributed by atoms with Gasteiger partial charge in [-0.3, -0.25) is 13.6 Å². The van der Waals surface area contributed by atoms with Crippen LogP contribution in [-0.4, -0.2) is 16.8 Å². The van der Waals surface area contributed by atoms with E-state index in [4.69, 9.17) is 13.6 Å². The standard InChI is InChI=1S/C87H177O4P/c1-10-19-28-34-40-46-52-58-64-70-79-85(76-25-16-7,80-71-65-59-53-47-41-35-29-20-11-2)89-92(88,90-86(77-26-17-8,81-72-66-60-54-48-42-36-30-21-12-3)82-73-67-61-55-49-43-37-31-22-13-4)91-87(78-27-18-9,83-74-68-62-56-50-44-38-32-23-14-5)84-75-69-63-57-51-45-39-33-24-15-6/h10-84H2,1-9H3. The van der Waals surface area contributed by atoms with E-state index in [1.54, 1.807) is 0 Å². The van der Waals surface area contributed by atoms with Gasteiger partial charge in [0, 0.05) is 0 Å². The molecule has 0 saturated heterocycles. The largest absolute Gasteiger partial charge is 0.476 e. The van der Waals surface area contributed by atoms with Gasteiger partial charge in [-0.05, 0) is 57.8 Å². The van der Waals surface area contributed by atoms with Crippen LogP contribution in [-0.2, 0) is 18.1 Å². The zero-order chi connectivity index (χ0) is 67.2. The molecule has 0 aromatic heterocycles. The van der Waals surface area contributed by atoms with Crippen molar-refractivity contribution in [1.29, 1.82) is 0 Å². The van der Waals surface area contributed by atoms with Crippen LogP contribution >= 0.6 is 7.82 Å². The van der Waals surface area contributed by atoms with Crippen LogP contribution in [0.5, 0.6) is 0 Å². The molecule has 0 bridgehead atoms. The first-order chi connectivity index (χ1) is 45.2. The summed E-state index contributed by atoms with van der Waals surface area (Å²) < 4.78 is 42.0. The average molecular weight is 1320 g/mol. The predicted octanol–water partition coefficient (Wildman–Crippen LogP) is 33.8. The Morgan fingerprint density at radius 1 is 0.152 bits per heavy atom. The van der Waals surface area contributed by atoms with Crippen LogP contribution in [0.15, 0.2) is 0 Å². The molecule has 0 aromatic rings. The van der Waals surface area contributed by atoms with Crippen LogP contribution in [0, 0.1) is 0 Å². The third-order valence-electron chi connectivity index (χ3n) is 21.8. The maximum absolute atomic E-state index is 17.8. The number of phosphoric ester groups is 1. The molecule has 5 heteroatoms. The molecule has 0 aliphatic rings. The topological polar surface area (TPSA) is 44.8 Å². The van der Waals surface area contributed by atoms with Gasteiger partial charge in [-0.1, -0.05) is 486 Å². The van der Waals surface area contributed by atoms with Crippen molar-refractivity contribution in [3.63, 3.8) is 0 Å². The van der Waals surface area contributed by atoms with Gasteiger partial charge in [0.05, 0.1) is 16.8 Å². The lowest BCUT2D eigenvalue weighted by Crippen LogP contribution is -2.40. The van der Waals surface area contributed by atoms with Crippen molar-refractivity contribution in [1.82, 2.24) is 0 Å². The monoisotopic (exact) mass is 1320 g/mol. The Bertz CT molecular complexity index is 1210. The van der Waals surface area contributed by atoms with Gasteiger partial charge in [-0.15, -0.1) is 0 Å². The summed E-state index contributed by atoms with van der Waals surface area (Å²) in [6.45, 7) is 21.1. The molecule has 0 N–H and O–H groups in total. The first kappa shape index (κ1) is 92.1. The van der Waals surface area contributed by atoms with Gasteiger partial charge in [0.25, 0.3) is 0 Å². The summed E-state index contributed by atoms with van der Waals surface area (Å²) in [5.74, 6) is 0. The molecule has 0 aromatic carbocycles. The lowest BCUT2D eigenvalue weighted by molar-refractivity contribution is -0.0908. The van der Waals surface area contributed by atoms with Gasteiger partial charge >= 0.3 is 7.82 Å². The van der Waals surface area contributed by atoms with Crippen LogP contribution < -0.4 is 0 Å². The van der Waals surface area contributed by atoms with Crippen molar-refractivity contribution < 1.29 is 18.1 Å². The van der Waals surface area contributed by atoms with Crippen molar-refractivity contribution in [2.24, 2.45) is 0 Å². The van der Waals surface area contributed by atoms with E-state index in [1.165, 1.54) is 347 Å². The first-order valence-electron chi connectivity index (χ1n) is 43.9. The fourth-order valence-electron chi connectivity index (χ4n) is 15.4. The van der Waals surface area contributed by atoms with Crippen molar-refractivity contribution in [2.75, 3.05) is 0 Å². The predicted molar refractivity (Wildman–Crippen MR) is 416 cm³/mol. The van der Waals surface area contributed by atoms with Crippen LogP contribution in [0.3, 0.4) is 0 Å². The number of phosphoric acid groups is 1. The quantitative estimate of drug-likeness (QED) is 0.0450. The van der Waals surface area contributed by atoms with Crippen LogP contribution in [0.25, 0.3) is 0 Å². The van der Waals surface area contributed by atoms with Gasteiger partial charge in [-0.2, -0.15) is 0 Å². The van der Waals surface area contributed by atoms with Crippen molar-refractivity contribution in [3.8, 4) is 0 Å². The molecule has 0 fully saturated rings. The molecular weight excluding hydrogens is 1140 g/mol. The first-order valence-corrected chi connectivity index (χ1v) is 45.3. The summed E-state index contributed by atoms with van der Waals surface area (Å²) in [6.07, 6.45) is 95.1. The van der Waals surface area contributed by atoms with E-state index >= 15 is 4.57 Å². The second-order valence-electron chi connectivity index (χ2n) is 31.2. The van der Waals surface area contributed by atoms with Crippen molar-refractivity contribution in [3.05, 3.63) is 0 Å². The Morgan fingerprint density at radius 2 is 0.250 bits per heavy atom. The summed E-state index contributed by atoms with van der Waals surface area (Å²) in [5, 5.41) is 0. The van der Waals surface area contributed by atoms with Gasteiger partial charge in [-0.25, -0.2) is 4.57 Å². The molecule has 0 heterocycles. The SMILES string of the molecule is CCCCCCCCCCCCC(CCCC)(CCCCCCCCCCCC)OP(=O)(OC(CCCC)(CCCCCCCCCCCC)CCCCCCCCCCCC)OC(CCCC)(CCCCCCCCCCCC)CCCCCCCCCCCC. The van der Waals surface area contributed by atoms with E-state index in [2.05, 4.69) is 62.3 Å². The summed E-state index contributed by atoms with van der Waals surface area (Å²) in [6, 6.07) is 0. The molecule has 554 valence electrons. The summed E-state index contributed by atoms with van der Waals surface area (Å²) >= 11 is 0. The van der Waals surface area contributed by atoms with Crippen molar-refractivity contribution >= 4 is 7.82 Å². The molecule has 0 atom stereocenters. The third-order valence-corrected chi connectivity index (χ3v) is 23.6. The number of rotatable bonds is 81. The molecule has 0 saturated carbocycles. The molecule has 0 radical (unpaired) electrons. The van der Waals surface area contributed by atoms with E-state index in [9.17, 15) is 0 Å². The van der Waals surface area contributed by atoms with E-state index in [0.29, 0.717) is 0 Å². The molecule has 0 rings (SSSR count). The Kier molecular flexibility index (Phi) is 71.0. The highest BCUT2D eigenvalue weighted by Crippen LogP contribution is 2.64. The zero-order valence-electron chi connectivity index (χ0n) is 65.6. The zero-order valence-corrected chi connectivity index (χ0v) is 66.5. The minimum atomic E-state index is -4.18. The summed E-state index contributed by atoms with van der Waals surface area (Å²) in [5.41, 5.74) is -1.54. The Labute approximate surface area is 583 Å². The number of unbranched alkanes of at least 4 members (excludes halogenated alkanes) is 57. The lowest BCUT2D eigenvalue weighted by atomic mass is 9.85. The van der Waals surface area contributed by atoms with E-state index in [1.807, 2.05) is 0 Å². The maximum Gasteiger partial charge on any atom is 0.476 e. The summed E-state index contributed by atoms with van der Waals surface area (Å²) in [7, 11) is -4.18. The second-order valence-corrected chi connectivity index (χ2v) is 32.6. The lowest BCUT2D eigenvalue weighted by Gasteiger charge is -2.45.